The number of halogens is 1. The van der Waals surface area contributed by atoms with E-state index in [-0.39, 0.29) is 15.4 Å². The Hall–Kier alpha value is -3.30. The highest BCUT2D eigenvalue weighted by Crippen LogP contribution is 2.34. The van der Waals surface area contributed by atoms with Crippen molar-refractivity contribution in [1.29, 1.82) is 0 Å². The van der Waals surface area contributed by atoms with Gasteiger partial charge in [-0.2, -0.15) is 0 Å². The van der Waals surface area contributed by atoms with E-state index in [0.717, 1.165) is 30.3 Å². The number of amides is 3. The van der Waals surface area contributed by atoms with E-state index in [9.17, 15) is 14.4 Å². The summed E-state index contributed by atoms with van der Waals surface area (Å²) >= 11 is 0. The van der Waals surface area contributed by atoms with E-state index in [4.69, 9.17) is 28.0 Å². The van der Waals surface area contributed by atoms with Crippen LogP contribution in [0.3, 0.4) is 0 Å². The number of nitrogens with one attached hydrogen (secondary N) is 1. The average molecular weight is 485 g/mol. The van der Waals surface area contributed by atoms with Crippen LogP contribution in [0.5, 0.6) is 5.75 Å². The van der Waals surface area contributed by atoms with Gasteiger partial charge in [0, 0.05) is 53.6 Å². The monoisotopic (exact) mass is 484 g/mol. The van der Waals surface area contributed by atoms with Crippen molar-refractivity contribution in [2.24, 2.45) is 0 Å². The second kappa shape index (κ2) is 9.52. The molecule has 0 aromatic heterocycles. The molecule has 9 heteroatoms. The van der Waals surface area contributed by atoms with E-state index in [0.29, 0.717) is 6.07 Å². The molecule has 1 N–H and O–H groups in total. The third-order valence-electron chi connectivity index (χ3n) is 4.75. The smallest absolute Gasteiger partial charge is 0.255 e. The molecule has 3 aliphatic heterocycles. The van der Waals surface area contributed by atoms with Crippen molar-refractivity contribution < 1.29 is 51.6 Å². The zero-order valence-corrected chi connectivity index (χ0v) is 17.0. The van der Waals surface area contributed by atoms with Crippen molar-refractivity contribution >= 4 is 17.7 Å². The maximum absolute atomic E-state index is 15.6. The van der Waals surface area contributed by atoms with Gasteiger partial charge in [-0.25, -0.2) is 4.39 Å². The summed E-state index contributed by atoms with van der Waals surface area (Å²) < 4.78 is 164. The summed E-state index contributed by atoms with van der Waals surface area (Å²) in [6.45, 7) is -21.0. The van der Waals surface area contributed by atoms with Crippen LogP contribution in [-0.2, 0) is 33.9 Å². The van der Waals surface area contributed by atoms with Gasteiger partial charge in [-0.15, -0.1) is 0 Å². The van der Waals surface area contributed by atoms with Crippen molar-refractivity contribution in [3.63, 3.8) is 0 Å². The fourth-order valence-corrected chi connectivity index (χ4v) is 3.19. The molecule has 5 rings (SSSR count). The van der Waals surface area contributed by atoms with E-state index in [1.165, 1.54) is 5.32 Å². The van der Waals surface area contributed by atoms with Gasteiger partial charge >= 0.3 is 0 Å². The minimum absolute atomic E-state index is 0.136. The highest BCUT2D eigenvalue weighted by molar-refractivity contribution is 6.05. The molecule has 0 saturated carbocycles. The number of hydrogen-bond acceptors (Lipinski definition) is 6. The maximum atomic E-state index is 15.6. The molecule has 0 bridgehead atoms. The SMILES string of the molecule is [2H]C([2H])(Oc1cccc2c1C([2H])([2H])N([C@@]1([2H])C(=O)NC(=O)C([2H])([2H])C1([2H])[2H])C2=O)c1ccc(CN2C([2H])([2H])C([2H])([2H])OC([2H])([2H])C2([2H])[2H])cc1F. The normalized spacial score (nSPS) is 41.3. The number of piperidine rings is 1. The highest BCUT2D eigenvalue weighted by atomic mass is 19.1. The largest absolute Gasteiger partial charge is 0.488 e. The van der Waals surface area contributed by atoms with Gasteiger partial charge in [0.1, 0.15) is 24.1 Å². The summed E-state index contributed by atoms with van der Waals surface area (Å²) in [6, 6.07) is 1.53. The van der Waals surface area contributed by atoms with Crippen LogP contribution in [-0.4, -0.2) is 59.7 Å². The summed E-state index contributed by atoms with van der Waals surface area (Å²) in [5.41, 5.74) is -2.71. The van der Waals surface area contributed by atoms with Crippen LogP contribution in [0.25, 0.3) is 0 Å². The zero-order chi connectivity index (χ0) is 38.9. The molecule has 3 heterocycles. The topological polar surface area (TPSA) is 88.2 Å². The van der Waals surface area contributed by atoms with Gasteiger partial charge in [-0.3, -0.25) is 24.6 Å². The number of rotatable bonds is 6. The Balaban J connectivity index is 1.50. The Bertz CT molecular complexity index is 1830. The molecule has 0 radical (unpaired) electrons. The number of hydrogen-bond donors (Lipinski definition) is 1. The van der Waals surface area contributed by atoms with E-state index in [1.54, 1.807) is 0 Å². The summed E-state index contributed by atoms with van der Waals surface area (Å²) in [7, 11) is 0. The Morgan fingerprint density at radius 3 is 2.85 bits per heavy atom. The van der Waals surface area contributed by atoms with Gasteiger partial charge in [-0.1, -0.05) is 18.2 Å². The lowest BCUT2D eigenvalue weighted by molar-refractivity contribution is -0.136. The van der Waals surface area contributed by atoms with Gasteiger partial charge in [0.15, 0.2) is 0 Å². The molecular formula is C25H26FN3O5. The highest BCUT2D eigenvalue weighted by Gasteiger charge is 2.40. The van der Waals surface area contributed by atoms with Gasteiger partial charge in [0.2, 0.25) is 11.8 Å². The van der Waals surface area contributed by atoms with E-state index in [2.05, 4.69) is 4.74 Å². The second-order valence-electron chi connectivity index (χ2n) is 6.95. The molecule has 2 aromatic carbocycles. The molecule has 1 atom stereocenters. The molecule has 34 heavy (non-hydrogen) atoms. The standard InChI is InChI=1S/C25H26FN3O5/c26-20-12-16(13-28-8-10-33-11-9-28)4-5-17(20)15-34-22-3-1-2-18-19(22)14-29(25(18)32)21-6-7-23(30)27-24(21)31/h1-5,12,21H,6-11,13-15H2,(H,27,30,31)/t21-/m1/s1/i6D2,7D2,8D2,9D2,10D2,11D2,14D2,15D2,21D. The molecule has 2 aromatic rings. The molecule has 0 aliphatic carbocycles. The van der Waals surface area contributed by atoms with Gasteiger partial charge in [0.05, 0.1) is 32.0 Å². The molecule has 3 aliphatic rings. The zero-order valence-electron chi connectivity index (χ0n) is 34.0. The van der Waals surface area contributed by atoms with Gasteiger partial charge < -0.3 is 14.4 Å². The summed E-state index contributed by atoms with van der Waals surface area (Å²) in [4.78, 5) is 38.5. The first-order chi connectivity index (χ1) is 22.8. The fourth-order valence-electron chi connectivity index (χ4n) is 3.19. The average Bonchev–Trinajstić information content (AvgIpc) is 3.18. The molecule has 2 fully saturated rings. The summed E-state index contributed by atoms with van der Waals surface area (Å²) in [6.07, 6.45) is -7.48. The molecule has 8 nitrogen and oxygen atoms in total. The number of carbonyl (C=O) groups is 3. The number of nitrogens with zero attached hydrogens (tertiary/aromatic N) is 2. The molecule has 2 saturated heterocycles. The number of morpholine rings is 1. The van der Waals surface area contributed by atoms with Crippen molar-refractivity contribution in [3.05, 3.63) is 64.5 Å². The number of benzene rings is 2. The minimum atomic E-state index is -3.85. The van der Waals surface area contributed by atoms with E-state index in [1.807, 2.05) is 0 Å². The molecule has 178 valence electrons. The molecule has 3 amide bonds. The Morgan fingerprint density at radius 2 is 2.06 bits per heavy atom. The minimum Gasteiger partial charge on any atom is -0.488 e. The van der Waals surface area contributed by atoms with Crippen molar-refractivity contribution in [1.82, 2.24) is 15.1 Å². The third-order valence-corrected chi connectivity index (χ3v) is 4.75. The van der Waals surface area contributed by atoms with E-state index < -0.39 is 110 Å². The fraction of sp³-hybridized carbons (Fsp3) is 0.400. The number of ether oxygens (including phenoxy) is 2. The number of imide groups is 1. The van der Waals surface area contributed by atoms with Crippen molar-refractivity contribution in [2.45, 2.75) is 38.4 Å². The van der Waals surface area contributed by atoms with Crippen LogP contribution in [0.4, 0.5) is 4.39 Å². The van der Waals surface area contributed by atoms with Crippen LogP contribution in [0.1, 0.15) is 63.1 Å². The predicted octanol–water partition coefficient (Wildman–Crippen LogP) is 2.00. The van der Waals surface area contributed by atoms with Crippen LogP contribution in [0.2, 0.25) is 0 Å². The summed E-state index contributed by atoms with van der Waals surface area (Å²) in [5.74, 6) is -7.40. The lowest BCUT2D eigenvalue weighted by Crippen LogP contribution is -2.52. The first kappa shape index (κ1) is 10.1. The van der Waals surface area contributed by atoms with Crippen molar-refractivity contribution in [2.75, 3.05) is 26.1 Å². The molecular weight excluding hydrogens is 441 g/mol. The first-order valence-corrected chi connectivity index (χ1v) is 9.64. The molecule has 0 unspecified atom stereocenters. The van der Waals surface area contributed by atoms with Crippen LogP contribution < -0.4 is 10.1 Å². The van der Waals surface area contributed by atoms with Gasteiger partial charge in [0.25, 0.3) is 5.91 Å². The van der Waals surface area contributed by atoms with E-state index >= 15 is 4.39 Å². The number of carbonyl (C=O) groups excluding carboxylic acids is 3. The molecule has 0 spiro atoms. The third kappa shape index (κ3) is 4.53. The van der Waals surface area contributed by atoms with Crippen LogP contribution >= 0.6 is 0 Å². The Morgan fingerprint density at radius 1 is 1.24 bits per heavy atom. The Kier molecular flexibility index (Phi) is 2.84. The lowest BCUT2D eigenvalue weighted by Gasteiger charge is -2.29. The Labute approximate surface area is 220 Å². The predicted molar refractivity (Wildman–Crippen MR) is 119 cm³/mol. The quantitative estimate of drug-likeness (QED) is 0.631. The van der Waals surface area contributed by atoms with Crippen LogP contribution in [0, 0.1) is 5.82 Å². The summed E-state index contributed by atoms with van der Waals surface area (Å²) in [5, 5.41) is 1.44. The maximum Gasteiger partial charge on any atom is 0.255 e. The van der Waals surface area contributed by atoms with Crippen LogP contribution in [0.15, 0.2) is 36.4 Å². The van der Waals surface area contributed by atoms with Crippen molar-refractivity contribution in [3.8, 4) is 5.75 Å². The second-order valence-corrected chi connectivity index (χ2v) is 6.95. The first-order valence-electron chi connectivity index (χ1n) is 18.1. The van der Waals surface area contributed by atoms with Gasteiger partial charge in [-0.05, 0) is 30.1 Å². The number of fused-ring (bicyclic) bond motifs is 1. The lowest BCUT2D eigenvalue weighted by atomic mass is 10.0.